The Labute approximate surface area is 130 Å². The predicted octanol–water partition coefficient (Wildman–Crippen LogP) is 2.47. The summed E-state index contributed by atoms with van der Waals surface area (Å²) < 4.78 is 0.428. The summed E-state index contributed by atoms with van der Waals surface area (Å²) in [7, 11) is 0. The molecule has 0 aliphatic heterocycles. The molecule has 0 bridgehead atoms. The minimum Gasteiger partial charge on any atom is -0.343 e. The van der Waals surface area contributed by atoms with Gasteiger partial charge in [0, 0.05) is 4.75 Å². The molecule has 96 valence electrons. The van der Waals surface area contributed by atoms with E-state index in [0.717, 1.165) is 6.42 Å². The Kier molecular flexibility index (Phi) is 13.5. The second kappa shape index (κ2) is 12.0. The molecule has 0 spiro atoms. The topological polar surface area (TPSA) is 0 Å². The normalized spacial score (nSPS) is 10.5. The number of hydrogen-bond acceptors (Lipinski definition) is 1. The summed E-state index contributed by atoms with van der Waals surface area (Å²) in [6.45, 7) is 12.5. The van der Waals surface area contributed by atoms with Gasteiger partial charge in [0.2, 0.25) is 0 Å². The van der Waals surface area contributed by atoms with E-state index >= 15 is 0 Å². The Morgan fingerprint density at radius 1 is 1.17 bits per heavy atom. The number of benzene rings is 1. The van der Waals surface area contributed by atoms with Crippen LogP contribution in [0, 0.1) is 6.92 Å². The van der Waals surface area contributed by atoms with Crippen LogP contribution >= 0.6 is 11.8 Å². The number of rotatable bonds is 3. The van der Waals surface area contributed by atoms with Crippen molar-refractivity contribution in [2.24, 2.45) is 0 Å². The van der Waals surface area contributed by atoms with E-state index in [1.807, 2.05) is 43.0 Å². The Balaban J connectivity index is 0. The van der Waals surface area contributed by atoms with E-state index in [2.05, 4.69) is 45.9 Å². The first-order chi connectivity index (χ1) is 7.99. The van der Waals surface area contributed by atoms with Crippen LogP contribution in [0.5, 0.6) is 0 Å². The summed E-state index contributed by atoms with van der Waals surface area (Å²) in [5.74, 6) is 1.18. The largest absolute Gasteiger partial charge is 1.00 e. The fourth-order valence-corrected chi connectivity index (χ4v) is 1.89. The van der Waals surface area contributed by atoms with Crippen LogP contribution in [0.3, 0.4) is 0 Å². The van der Waals surface area contributed by atoms with Crippen LogP contribution in [0.15, 0.2) is 36.4 Å². The van der Waals surface area contributed by atoms with E-state index in [4.69, 9.17) is 0 Å². The number of hydrogen-bond donors (Lipinski definition) is 0. The molecule has 18 heavy (non-hydrogen) atoms. The van der Waals surface area contributed by atoms with Crippen molar-refractivity contribution in [3.8, 4) is 0 Å². The van der Waals surface area contributed by atoms with Crippen molar-refractivity contribution in [1.29, 1.82) is 0 Å². The summed E-state index contributed by atoms with van der Waals surface area (Å²) in [4.78, 5) is 0. The Morgan fingerprint density at radius 2 is 1.72 bits per heavy atom. The minimum atomic E-state index is 0. The molecule has 0 saturated carbocycles. The van der Waals surface area contributed by atoms with Crippen molar-refractivity contribution in [3.63, 3.8) is 0 Å². The maximum absolute atomic E-state index is 3.77. The molecule has 0 amide bonds. The zero-order valence-corrected chi connectivity index (χ0v) is 13.4. The van der Waals surface area contributed by atoms with Crippen molar-refractivity contribution in [3.05, 3.63) is 48.9 Å². The average molecular weight is 256 g/mol. The zero-order chi connectivity index (χ0) is 13.1. The molecule has 0 saturated heterocycles. The monoisotopic (exact) mass is 256 g/mol. The summed E-state index contributed by atoms with van der Waals surface area (Å²) in [5, 5.41) is 0. The van der Waals surface area contributed by atoms with Crippen molar-refractivity contribution in [2.45, 2.75) is 38.9 Å². The van der Waals surface area contributed by atoms with Gasteiger partial charge in [0.15, 0.2) is 0 Å². The molecule has 0 N–H and O–H groups in total. The van der Waals surface area contributed by atoms with E-state index in [9.17, 15) is 0 Å². The van der Waals surface area contributed by atoms with Gasteiger partial charge in [-0.05, 0) is 18.2 Å². The molecule has 0 aromatic heterocycles. The van der Waals surface area contributed by atoms with Gasteiger partial charge in [0.05, 0.1) is 0 Å². The second-order valence-corrected chi connectivity index (χ2v) is 6.65. The van der Waals surface area contributed by atoms with Crippen LogP contribution in [0.1, 0.15) is 39.7 Å². The van der Waals surface area contributed by atoms with Gasteiger partial charge in [0.25, 0.3) is 0 Å². The van der Waals surface area contributed by atoms with E-state index in [-0.39, 0.29) is 18.9 Å². The van der Waals surface area contributed by atoms with Gasteiger partial charge in [-0.2, -0.15) is 18.2 Å². The average Bonchev–Trinajstić information content (AvgIpc) is 2.28. The molecule has 0 heterocycles. The van der Waals surface area contributed by atoms with E-state index < -0.39 is 0 Å². The molecule has 0 atom stereocenters. The Hall–Kier alpha value is -0.0926. The van der Waals surface area contributed by atoms with Gasteiger partial charge >= 0.3 is 18.9 Å². The molecular weight excluding hydrogens is 231 g/mol. The van der Waals surface area contributed by atoms with Crippen molar-refractivity contribution in [2.75, 3.05) is 5.75 Å². The zero-order valence-electron chi connectivity index (χ0n) is 12.6. The first-order valence-corrected chi connectivity index (χ1v) is 7.09. The quantitative estimate of drug-likeness (QED) is 0.591. The van der Waals surface area contributed by atoms with Gasteiger partial charge in [-0.25, -0.2) is 0 Å². The van der Waals surface area contributed by atoms with Crippen LogP contribution in [-0.2, 0) is 0 Å². The molecule has 0 radical (unpaired) electrons. The van der Waals surface area contributed by atoms with Gasteiger partial charge in [-0.15, -0.1) is 0 Å². The van der Waals surface area contributed by atoms with Gasteiger partial charge < -0.3 is 6.92 Å². The third-order valence-corrected chi connectivity index (χ3v) is 3.20. The van der Waals surface area contributed by atoms with Crippen LogP contribution in [-0.4, -0.2) is 10.5 Å². The Morgan fingerprint density at radius 3 is 2.06 bits per heavy atom. The molecule has 0 fully saturated rings. The van der Waals surface area contributed by atoms with E-state index in [1.165, 1.54) is 11.3 Å². The molecule has 1 aromatic carbocycles. The summed E-state index contributed by atoms with van der Waals surface area (Å²) in [5.41, 5.74) is 1.26. The fraction of sp³-hybridized carbons (Fsp3) is 0.438. The van der Waals surface area contributed by atoms with Crippen LogP contribution in [0.4, 0.5) is 0 Å². The van der Waals surface area contributed by atoms with Crippen molar-refractivity contribution < 1.29 is 18.9 Å². The molecule has 0 aliphatic carbocycles. The number of thioether (sulfide) groups is 1. The molecule has 2 heteroatoms. The first kappa shape index (κ1) is 20.2. The van der Waals surface area contributed by atoms with Crippen LogP contribution in [0.25, 0.3) is 6.08 Å². The maximum Gasteiger partial charge on any atom is 1.00 e. The standard InChI is InChI=1S/C9H10.C7H15S.Li/c1-2-6-9-7-4-3-5-8-9;1-5-6-8-7(2,3)4;/h2-8H,1H3;1,5-6H2,2-4H3;/q;-1;+1. The third-order valence-electron chi connectivity index (χ3n) is 1.84. The SMILES string of the molecule is CC=Cc1ccccc1.[CH2-]CCSC(C)(C)C.[Li+]. The molecule has 0 aliphatic rings. The van der Waals surface area contributed by atoms with Crippen LogP contribution < -0.4 is 18.9 Å². The summed E-state index contributed by atoms with van der Waals surface area (Å²) >= 11 is 1.97. The maximum atomic E-state index is 3.77. The predicted molar refractivity (Wildman–Crippen MR) is 83.3 cm³/mol. The molecular formula is C16H25LiS. The van der Waals surface area contributed by atoms with Gasteiger partial charge in [0.1, 0.15) is 0 Å². The first-order valence-electron chi connectivity index (χ1n) is 6.10. The number of allylic oxidation sites excluding steroid dienone is 1. The van der Waals surface area contributed by atoms with E-state index in [1.54, 1.807) is 0 Å². The summed E-state index contributed by atoms with van der Waals surface area (Å²) in [6.07, 6.45) is 5.16. The molecule has 0 nitrogen and oxygen atoms in total. The smallest absolute Gasteiger partial charge is 0.343 e. The molecule has 1 aromatic rings. The van der Waals surface area contributed by atoms with Gasteiger partial charge in [-0.3, -0.25) is 0 Å². The summed E-state index contributed by atoms with van der Waals surface area (Å²) in [6, 6.07) is 10.3. The van der Waals surface area contributed by atoms with Crippen LogP contribution in [0.2, 0.25) is 0 Å². The van der Waals surface area contributed by atoms with E-state index in [0.29, 0.717) is 4.75 Å². The molecule has 1 rings (SSSR count). The van der Waals surface area contributed by atoms with Crippen molar-refractivity contribution >= 4 is 17.8 Å². The second-order valence-electron chi connectivity index (χ2n) is 4.73. The van der Waals surface area contributed by atoms with Crippen molar-refractivity contribution in [1.82, 2.24) is 0 Å². The third kappa shape index (κ3) is 14.0. The molecule has 0 unspecified atom stereocenters. The Bertz CT molecular complexity index is 299. The van der Waals surface area contributed by atoms with Gasteiger partial charge in [-0.1, -0.05) is 63.3 Å². The minimum absolute atomic E-state index is 0. The fourth-order valence-electron chi connectivity index (χ4n) is 1.13.